The molecule has 0 radical (unpaired) electrons. The first-order valence-electron chi connectivity index (χ1n) is 12.6. The van der Waals surface area contributed by atoms with E-state index in [0.29, 0.717) is 40.6 Å². The summed E-state index contributed by atoms with van der Waals surface area (Å²) in [5, 5.41) is 18.1. The van der Waals surface area contributed by atoms with E-state index in [9.17, 15) is 9.59 Å². The molecule has 0 unspecified atom stereocenters. The molecule has 11 nitrogen and oxygen atoms in total. The van der Waals surface area contributed by atoms with Crippen LogP contribution >= 0.6 is 11.6 Å². The average molecular weight is 526 g/mol. The first-order valence-corrected chi connectivity index (χ1v) is 13.0. The molecule has 3 aromatic rings. The summed E-state index contributed by atoms with van der Waals surface area (Å²) in [7, 11) is 3.78. The van der Waals surface area contributed by atoms with Gasteiger partial charge in [-0.25, -0.2) is 14.5 Å². The number of amides is 2. The summed E-state index contributed by atoms with van der Waals surface area (Å²) in [5.41, 5.74) is 2.30. The first kappa shape index (κ1) is 25.2. The van der Waals surface area contributed by atoms with Crippen molar-refractivity contribution in [3.05, 3.63) is 41.4 Å². The number of nitrogens with zero attached hydrogens (tertiary/aromatic N) is 5. The Bertz CT molecular complexity index is 1280. The number of likely N-dealkylation sites (N-methyl/N-ethyl adjacent to an activating group) is 1. The van der Waals surface area contributed by atoms with Crippen molar-refractivity contribution in [3.63, 3.8) is 0 Å². The molecule has 2 saturated carbocycles. The van der Waals surface area contributed by atoms with Gasteiger partial charge in [0.15, 0.2) is 11.3 Å². The van der Waals surface area contributed by atoms with Crippen LogP contribution in [0.15, 0.2) is 30.6 Å². The molecular weight excluding hydrogens is 494 g/mol. The number of nitrogens with one attached hydrogen (secondary N) is 4. The van der Waals surface area contributed by atoms with Gasteiger partial charge < -0.3 is 26.2 Å². The lowest BCUT2D eigenvalue weighted by Crippen LogP contribution is -2.43. The zero-order chi connectivity index (χ0) is 25.9. The summed E-state index contributed by atoms with van der Waals surface area (Å²) in [5.74, 6) is 0.393. The number of carbonyl (C=O) groups excluding carboxylic acids is 2. The lowest BCUT2D eigenvalue weighted by molar-refractivity contribution is -0.122. The molecule has 0 aliphatic heterocycles. The molecule has 5 rings (SSSR count). The largest absolute Gasteiger partial charge is 0.379 e. The second-order valence-corrected chi connectivity index (χ2v) is 10.4. The molecule has 3 aromatic heterocycles. The summed E-state index contributed by atoms with van der Waals surface area (Å²) in [4.78, 5) is 35.5. The van der Waals surface area contributed by atoms with Crippen LogP contribution in [0.5, 0.6) is 0 Å². The number of imidazole rings is 1. The number of halogens is 1. The average Bonchev–Trinajstić information content (AvgIpc) is 3.55. The van der Waals surface area contributed by atoms with Crippen molar-refractivity contribution in [2.45, 2.75) is 56.7 Å². The maximum Gasteiger partial charge on any atom is 0.276 e. The zero-order valence-electron chi connectivity index (χ0n) is 21.0. The van der Waals surface area contributed by atoms with Crippen molar-refractivity contribution in [2.24, 2.45) is 0 Å². The Kier molecular flexibility index (Phi) is 7.43. The molecule has 2 aliphatic carbocycles. The quantitative estimate of drug-likeness (QED) is 0.314. The van der Waals surface area contributed by atoms with E-state index in [4.69, 9.17) is 16.7 Å². The van der Waals surface area contributed by atoms with E-state index >= 15 is 0 Å². The van der Waals surface area contributed by atoms with Crippen LogP contribution in [0.1, 0.15) is 49.0 Å². The molecular formula is C25H32ClN9O2. The number of pyridine rings is 1. The number of hydrogen-bond donors (Lipinski definition) is 4. The number of rotatable bonds is 9. The van der Waals surface area contributed by atoms with Crippen molar-refractivity contribution in [1.29, 1.82) is 0 Å². The minimum Gasteiger partial charge on any atom is -0.379 e. The summed E-state index contributed by atoms with van der Waals surface area (Å²) in [6, 6.07) is 6.05. The van der Waals surface area contributed by atoms with Gasteiger partial charge in [-0.05, 0) is 64.8 Å². The Balaban J connectivity index is 1.31. The highest BCUT2D eigenvalue weighted by Gasteiger charge is 2.26. The molecule has 3 heterocycles. The van der Waals surface area contributed by atoms with Gasteiger partial charge >= 0.3 is 0 Å². The highest BCUT2D eigenvalue weighted by molar-refractivity contribution is 6.29. The number of carbonyl (C=O) groups is 2. The van der Waals surface area contributed by atoms with E-state index < -0.39 is 0 Å². The van der Waals surface area contributed by atoms with Crippen LogP contribution in [0.4, 0.5) is 17.2 Å². The Morgan fingerprint density at radius 3 is 2.43 bits per heavy atom. The summed E-state index contributed by atoms with van der Waals surface area (Å²) >= 11 is 5.96. The number of hydrogen-bond acceptors (Lipinski definition) is 8. The third-order valence-electron chi connectivity index (χ3n) is 6.53. The van der Waals surface area contributed by atoms with Crippen LogP contribution in [0.2, 0.25) is 5.15 Å². The fourth-order valence-electron chi connectivity index (χ4n) is 4.57. The van der Waals surface area contributed by atoms with Crippen molar-refractivity contribution in [3.8, 4) is 0 Å². The molecule has 37 heavy (non-hydrogen) atoms. The second-order valence-electron chi connectivity index (χ2n) is 10.1. The fourth-order valence-corrected chi connectivity index (χ4v) is 4.75. The number of aromatic nitrogens is 4. The summed E-state index contributed by atoms with van der Waals surface area (Å²) < 4.78 is 1.58. The van der Waals surface area contributed by atoms with Gasteiger partial charge in [0.2, 0.25) is 5.91 Å². The smallest absolute Gasteiger partial charge is 0.276 e. The Labute approximate surface area is 220 Å². The maximum absolute atomic E-state index is 13.1. The van der Waals surface area contributed by atoms with Gasteiger partial charge in [0.25, 0.3) is 5.91 Å². The van der Waals surface area contributed by atoms with Crippen LogP contribution in [0, 0.1) is 0 Å². The van der Waals surface area contributed by atoms with Crippen LogP contribution in [-0.2, 0) is 4.79 Å². The van der Waals surface area contributed by atoms with Crippen molar-refractivity contribution in [1.82, 2.24) is 29.8 Å². The van der Waals surface area contributed by atoms with E-state index in [2.05, 4.69) is 31.2 Å². The molecule has 4 N–H and O–H groups in total. The molecule has 2 fully saturated rings. The molecule has 196 valence electrons. The molecule has 0 saturated heterocycles. The molecule has 2 amide bonds. The van der Waals surface area contributed by atoms with E-state index in [-0.39, 0.29) is 23.9 Å². The van der Waals surface area contributed by atoms with Gasteiger partial charge in [-0.3, -0.25) is 9.59 Å². The Morgan fingerprint density at radius 2 is 1.73 bits per heavy atom. The highest BCUT2D eigenvalue weighted by atomic mass is 35.5. The third kappa shape index (κ3) is 6.47. The van der Waals surface area contributed by atoms with Crippen LogP contribution in [0.25, 0.3) is 5.65 Å². The van der Waals surface area contributed by atoms with Crippen molar-refractivity contribution in [2.75, 3.05) is 36.6 Å². The second kappa shape index (κ2) is 10.9. The minimum absolute atomic E-state index is 0.0595. The summed E-state index contributed by atoms with van der Waals surface area (Å²) in [6.07, 6.45) is 8.92. The van der Waals surface area contributed by atoms with E-state index in [0.717, 1.165) is 44.2 Å². The van der Waals surface area contributed by atoms with Crippen molar-refractivity contribution < 1.29 is 9.59 Å². The monoisotopic (exact) mass is 525 g/mol. The molecule has 2 aliphatic rings. The van der Waals surface area contributed by atoms with Gasteiger partial charge in [0.05, 0.1) is 18.4 Å². The third-order valence-corrected chi connectivity index (χ3v) is 6.73. The summed E-state index contributed by atoms with van der Waals surface area (Å²) in [6.45, 7) is 0.397. The molecule has 0 atom stereocenters. The normalized spacial score (nSPS) is 19.6. The van der Waals surface area contributed by atoms with Crippen LogP contribution < -0.4 is 21.3 Å². The predicted molar refractivity (Wildman–Crippen MR) is 143 cm³/mol. The van der Waals surface area contributed by atoms with E-state index in [1.54, 1.807) is 16.6 Å². The van der Waals surface area contributed by atoms with Gasteiger partial charge in [0, 0.05) is 36.1 Å². The van der Waals surface area contributed by atoms with Gasteiger partial charge in [-0.2, -0.15) is 0 Å². The standard InChI is InChI=1S/C25H32ClN9O2/c1-34(2)14-23(36)31-17-7-5-16(6-8-17)30-22-12-19(29-15-3-4-15)24-28-13-20(35(24)33-22)25(37)32-18-9-10-27-21(26)11-18/h9-13,15-17,29H,3-8,14H2,1-2H3,(H,30,33)(H,31,36)(H,27,32,37). The zero-order valence-corrected chi connectivity index (χ0v) is 21.8. The molecule has 12 heteroatoms. The minimum atomic E-state index is -0.342. The van der Waals surface area contributed by atoms with Crippen LogP contribution in [0.3, 0.4) is 0 Å². The van der Waals surface area contributed by atoms with Gasteiger partial charge in [0.1, 0.15) is 11.0 Å². The first-order chi connectivity index (χ1) is 17.8. The highest BCUT2D eigenvalue weighted by Crippen LogP contribution is 2.30. The number of fused-ring (bicyclic) bond motifs is 1. The SMILES string of the molecule is CN(C)CC(=O)NC1CCC(Nc2cc(NC3CC3)c3ncc(C(=O)Nc4ccnc(Cl)c4)n3n2)CC1. The Morgan fingerprint density at radius 1 is 1.03 bits per heavy atom. The molecule has 0 bridgehead atoms. The van der Waals surface area contributed by atoms with Crippen molar-refractivity contribution >= 4 is 46.3 Å². The van der Waals surface area contributed by atoms with Crippen LogP contribution in [-0.4, -0.2) is 75.1 Å². The van der Waals surface area contributed by atoms with Gasteiger partial charge in [-0.1, -0.05) is 11.6 Å². The fraction of sp³-hybridized carbons (Fsp3) is 0.480. The maximum atomic E-state index is 13.1. The molecule has 0 spiro atoms. The molecule has 0 aromatic carbocycles. The lowest BCUT2D eigenvalue weighted by Gasteiger charge is -2.30. The lowest BCUT2D eigenvalue weighted by atomic mass is 9.91. The van der Waals surface area contributed by atoms with E-state index in [1.165, 1.54) is 12.4 Å². The Hall–Kier alpha value is -3.44. The van der Waals surface area contributed by atoms with E-state index in [1.807, 2.05) is 25.1 Å². The predicted octanol–water partition coefficient (Wildman–Crippen LogP) is 3.01. The van der Waals surface area contributed by atoms with Gasteiger partial charge in [-0.15, -0.1) is 5.10 Å². The topological polar surface area (TPSA) is 129 Å². The number of anilines is 3.